The molecule has 2 heterocycles. The summed E-state index contributed by atoms with van der Waals surface area (Å²) in [7, 11) is 0. The molecule has 1 aliphatic heterocycles. The maximum atomic E-state index is 13.0. The van der Waals surface area contributed by atoms with Crippen LogP contribution in [0.5, 0.6) is 0 Å². The van der Waals surface area contributed by atoms with E-state index in [1.807, 2.05) is 6.92 Å². The number of alkyl halides is 3. The Kier molecular flexibility index (Phi) is 4.57. The topological polar surface area (TPSA) is 73.7 Å². The summed E-state index contributed by atoms with van der Waals surface area (Å²) < 4.78 is 39.1. The summed E-state index contributed by atoms with van der Waals surface area (Å²) in [4.78, 5) is 13.0. The average Bonchev–Trinajstić information content (AvgIpc) is 2.54. The van der Waals surface area contributed by atoms with Crippen LogP contribution in [0.3, 0.4) is 0 Å². The summed E-state index contributed by atoms with van der Waals surface area (Å²) in [6.07, 6.45) is 1.98. The number of nitrogens with zero attached hydrogens (tertiary/aromatic N) is 3. The van der Waals surface area contributed by atoms with E-state index in [1.54, 1.807) is 0 Å². The minimum atomic E-state index is -4.50. The Balaban J connectivity index is 1.65. The van der Waals surface area contributed by atoms with E-state index in [1.165, 1.54) is 18.6 Å². The quantitative estimate of drug-likeness (QED) is 0.751. The van der Waals surface area contributed by atoms with Gasteiger partial charge in [-0.25, -0.2) is 15.0 Å². The number of aromatic nitrogens is 1. The molecule has 0 saturated heterocycles. The number of hydrogen-bond acceptors (Lipinski definition) is 4. The molecule has 2 aliphatic carbocycles. The molecular formula is C18H23F3N6. The average molecular weight is 380 g/mol. The Morgan fingerprint density at radius 3 is 2.52 bits per heavy atom. The number of aliphatic imine (C=N–C) groups is 2. The lowest BCUT2D eigenvalue weighted by molar-refractivity contribution is -0.141. The fourth-order valence-electron chi connectivity index (χ4n) is 3.28. The molecule has 0 aromatic carbocycles. The molecule has 3 aliphatic rings. The van der Waals surface area contributed by atoms with Crippen LogP contribution >= 0.6 is 0 Å². The van der Waals surface area contributed by atoms with Crippen molar-refractivity contribution in [2.45, 2.75) is 69.5 Å². The van der Waals surface area contributed by atoms with E-state index in [0.717, 1.165) is 38.2 Å². The molecule has 2 fully saturated rings. The maximum absolute atomic E-state index is 13.0. The molecule has 0 radical (unpaired) electrons. The van der Waals surface area contributed by atoms with Gasteiger partial charge in [0, 0.05) is 6.04 Å². The molecule has 1 unspecified atom stereocenters. The SMILES string of the molecule is CC1(NC2CCC2)N=C(c2cccc(C(F)(F)F)n2)NC(=NC2CCC2)N1. The second kappa shape index (κ2) is 6.78. The van der Waals surface area contributed by atoms with Gasteiger partial charge in [0.15, 0.2) is 17.6 Å². The van der Waals surface area contributed by atoms with Crippen molar-refractivity contribution in [3.05, 3.63) is 29.6 Å². The first-order valence-corrected chi connectivity index (χ1v) is 9.36. The Morgan fingerprint density at radius 2 is 1.93 bits per heavy atom. The molecule has 0 bridgehead atoms. The van der Waals surface area contributed by atoms with Gasteiger partial charge >= 0.3 is 6.18 Å². The highest BCUT2D eigenvalue weighted by atomic mass is 19.4. The highest BCUT2D eigenvalue weighted by Crippen LogP contribution is 2.28. The number of halogens is 3. The first-order valence-electron chi connectivity index (χ1n) is 9.36. The Bertz CT molecular complexity index is 767. The van der Waals surface area contributed by atoms with Crippen LogP contribution in [0.15, 0.2) is 28.2 Å². The first kappa shape index (κ1) is 18.2. The highest BCUT2D eigenvalue weighted by molar-refractivity contribution is 6.09. The van der Waals surface area contributed by atoms with Crippen molar-refractivity contribution in [3.8, 4) is 0 Å². The van der Waals surface area contributed by atoms with Crippen molar-refractivity contribution in [3.63, 3.8) is 0 Å². The molecule has 27 heavy (non-hydrogen) atoms. The highest BCUT2D eigenvalue weighted by Gasteiger charge is 2.36. The Morgan fingerprint density at radius 1 is 1.19 bits per heavy atom. The van der Waals surface area contributed by atoms with Crippen molar-refractivity contribution >= 4 is 11.8 Å². The largest absolute Gasteiger partial charge is 0.433 e. The molecule has 4 rings (SSSR count). The van der Waals surface area contributed by atoms with Gasteiger partial charge in [0.25, 0.3) is 0 Å². The summed E-state index contributed by atoms with van der Waals surface area (Å²) in [5.41, 5.74) is -0.788. The van der Waals surface area contributed by atoms with Crippen LogP contribution in [-0.4, -0.2) is 34.6 Å². The van der Waals surface area contributed by atoms with E-state index in [9.17, 15) is 13.2 Å². The van der Waals surface area contributed by atoms with Gasteiger partial charge in [0.2, 0.25) is 0 Å². The van der Waals surface area contributed by atoms with Crippen molar-refractivity contribution in [2.75, 3.05) is 0 Å². The van der Waals surface area contributed by atoms with Crippen molar-refractivity contribution < 1.29 is 13.2 Å². The molecule has 146 valence electrons. The monoisotopic (exact) mass is 380 g/mol. The minimum absolute atomic E-state index is 0.147. The van der Waals surface area contributed by atoms with E-state index in [0.29, 0.717) is 12.0 Å². The van der Waals surface area contributed by atoms with Crippen molar-refractivity contribution in [1.82, 2.24) is 20.9 Å². The van der Waals surface area contributed by atoms with Gasteiger partial charge in [0.1, 0.15) is 11.4 Å². The zero-order chi connectivity index (χ0) is 19.1. The first-order chi connectivity index (χ1) is 12.8. The van der Waals surface area contributed by atoms with Gasteiger partial charge in [-0.3, -0.25) is 5.32 Å². The third-order valence-corrected chi connectivity index (χ3v) is 5.19. The lowest BCUT2D eigenvalue weighted by Crippen LogP contribution is -2.66. The molecule has 9 heteroatoms. The predicted octanol–water partition coefficient (Wildman–Crippen LogP) is 2.76. The van der Waals surface area contributed by atoms with Gasteiger partial charge in [-0.15, -0.1) is 0 Å². The zero-order valence-electron chi connectivity index (χ0n) is 15.1. The molecule has 0 amide bonds. The van der Waals surface area contributed by atoms with E-state index in [4.69, 9.17) is 0 Å². The minimum Gasteiger partial charge on any atom is -0.320 e. The molecule has 1 aromatic heterocycles. The van der Waals surface area contributed by atoms with Crippen LogP contribution in [0.4, 0.5) is 13.2 Å². The summed E-state index contributed by atoms with van der Waals surface area (Å²) in [5.74, 6) is -0.0325. The number of hydrogen-bond donors (Lipinski definition) is 3. The molecule has 6 nitrogen and oxygen atoms in total. The number of pyridine rings is 1. The van der Waals surface area contributed by atoms with Crippen LogP contribution < -0.4 is 16.0 Å². The van der Waals surface area contributed by atoms with Crippen molar-refractivity contribution in [1.29, 1.82) is 0 Å². The number of amidine groups is 1. The molecular weight excluding hydrogens is 357 g/mol. The smallest absolute Gasteiger partial charge is 0.320 e. The normalized spacial score (nSPS) is 28.0. The predicted molar refractivity (Wildman–Crippen MR) is 96.3 cm³/mol. The zero-order valence-corrected chi connectivity index (χ0v) is 15.1. The molecule has 1 aromatic rings. The maximum Gasteiger partial charge on any atom is 0.433 e. The molecule has 3 N–H and O–H groups in total. The number of rotatable bonds is 4. The second-order valence-electron chi connectivity index (χ2n) is 7.52. The van der Waals surface area contributed by atoms with E-state index in [2.05, 4.69) is 30.9 Å². The van der Waals surface area contributed by atoms with Crippen molar-refractivity contribution in [2.24, 2.45) is 9.98 Å². The molecule has 1 atom stereocenters. The van der Waals surface area contributed by atoms with Crippen LogP contribution in [0.25, 0.3) is 0 Å². The van der Waals surface area contributed by atoms with Gasteiger partial charge in [-0.05, 0) is 51.2 Å². The van der Waals surface area contributed by atoms with Crippen LogP contribution in [0, 0.1) is 0 Å². The van der Waals surface area contributed by atoms with Gasteiger partial charge in [-0.2, -0.15) is 13.2 Å². The van der Waals surface area contributed by atoms with E-state index < -0.39 is 17.7 Å². The van der Waals surface area contributed by atoms with E-state index >= 15 is 0 Å². The molecule has 2 saturated carbocycles. The third kappa shape index (κ3) is 4.07. The van der Waals surface area contributed by atoms with Crippen LogP contribution in [0.1, 0.15) is 56.8 Å². The third-order valence-electron chi connectivity index (χ3n) is 5.19. The Hall–Kier alpha value is -2.16. The lowest BCUT2D eigenvalue weighted by atomic mass is 9.92. The van der Waals surface area contributed by atoms with E-state index in [-0.39, 0.29) is 17.6 Å². The Labute approximate surface area is 155 Å². The van der Waals surface area contributed by atoms with Crippen LogP contribution in [-0.2, 0) is 6.18 Å². The standard InChI is InChI=1S/C18H23F3N6/c1-17(25-12-7-3-8-12)26-15(24-16(27-17)22-11-5-2-6-11)13-9-4-10-14(23-13)18(19,20)21/h4,9-12,25H,2-3,5-8H2,1H3,(H2,22,24,26,27). The van der Waals surface area contributed by atoms with Gasteiger partial charge < -0.3 is 10.6 Å². The molecule has 0 spiro atoms. The van der Waals surface area contributed by atoms with Crippen LogP contribution in [0.2, 0.25) is 0 Å². The summed E-state index contributed by atoms with van der Waals surface area (Å²) in [6, 6.07) is 4.40. The fraction of sp³-hybridized carbons (Fsp3) is 0.611. The summed E-state index contributed by atoms with van der Waals surface area (Å²) in [5, 5.41) is 9.74. The van der Waals surface area contributed by atoms with Gasteiger partial charge in [-0.1, -0.05) is 12.5 Å². The number of nitrogens with one attached hydrogen (secondary N) is 3. The lowest BCUT2D eigenvalue weighted by Gasteiger charge is -2.40. The van der Waals surface area contributed by atoms with Gasteiger partial charge in [0.05, 0.1) is 6.04 Å². The summed E-state index contributed by atoms with van der Waals surface area (Å²) in [6.45, 7) is 1.87. The summed E-state index contributed by atoms with van der Waals surface area (Å²) >= 11 is 0. The second-order valence-corrected chi connectivity index (χ2v) is 7.52. The number of guanidine groups is 1. The fourth-order valence-corrected chi connectivity index (χ4v) is 3.28.